The van der Waals surface area contributed by atoms with Crippen LogP contribution in [0.3, 0.4) is 0 Å². The van der Waals surface area contributed by atoms with Crippen molar-refractivity contribution in [2.45, 2.75) is 70.3 Å². The van der Waals surface area contributed by atoms with E-state index in [0.717, 1.165) is 35.4 Å². The van der Waals surface area contributed by atoms with Crippen LogP contribution in [0.4, 0.5) is 22.0 Å². The molecule has 1 nitrogen and oxygen atoms in total. The zero-order valence-corrected chi connectivity index (χ0v) is 18.2. The normalized spacial score (nSPS) is 26.1. The summed E-state index contributed by atoms with van der Waals surface area (Å²) in [6, 6.07) is 11.3. The summed E-state index contributed by atoms with van der Waals surface area (Å²) in [5, 5.41) is 0. The molecule has 0 bridgehead atoms. The molecular weight excluding hydrogens is 423 g/mol. The van der Waals surface area contributed by atoms with Gasteiger partial charge in [-0.15, -0.1) is 0 Å². The summed E-state index contributed by atoms with van der Waals surface area (Å²) in [6.45, 7) is 2.29. The fraction of sp³-hybridized carbons (Fsp3) is 0.538. The molecule has 0 heterocycles. The quantitative estimate of drug-likeness (QED) is 0.400. The Labute approximate surface area is 186 Å². The third-order valence-electron chi connectivity index (χ3n) is 7.45. The summed E-state index contributed by atoms with van der Waals surface area (Å²) >= 11 is 0. The highest BCUT2D eigenvalue weighted by molar-refractivity contribution is 5.64. The van der Waals surface area contributed by atoms with Gasteiger partial charge in [-0.25, -0.2) is 4.39 Å². The third kappa shape index (κ3) is 4.94. The molecule has 0 radical (unpaired) electrons. The van der Waals surface area contributed by atoms with Crippen molar-refractivity contribution in [1.82, 2.24) is 0 Å². The molecule has 0 aromatic heterocycles. The predicted molar refractivity (Wildman–Crippen MR) is 115 cm³/mol. The summed E-state index contributed by atoms with van der Waals surface area (Å²) in [4.78, 5) is 0. The standard InChI is InChI=1S/C26H29F5O/c1-2-16-3-4-21-14-20(10-9-19(21)13-16)17-5-7-18(8-6-17)22-11-12-24(23(27)15-22)32-26(30,31)25(28)29/h5-8,11-12,15-16,19-21,25H,2-4,9-10,13-14H2,1H3/t16?,19-,20-,21-/m1/s1. The first-order chi connectivity index (χ1) is 15.3. The van der Waals surface area contributed by atoms with Gasteiger partial charge >= 0.3 is 12.5 Å². The smallest absolute Gasteiger partial charge is 0.425 e. The summed E-state index contributed by atoms with van der Waals surface area (Å²) in [5.41, 5.74) is 2.49. The minimum atomic E-state index is -4.74. The molecule has 174 valence electrons. The highest BCUT2D eigenvalue weighted by atomic mass is 19.3. The predicted octanol–water partition coefficient (Wildman–Crippen LogP) is 8.44. The molecule has 32 heavy (non-hydrogen) atoms. The van der Waals surface area contributed by atoms with Crippen LogP contribution < -0.4 is 4.74 Å². The second-order valence-corrected chi connectivity index (χ2v) is 9.35. The van der Waals surface area contributed by atoms with Crippen LogP contribution >= 0.6 is 0 Å². The molecule has 2 aromatic rings. The van der Waals surface area contributed by atoms with Crippen molar-refractivity contribution in [3.8, 4) is 16.9 Å². The average Bonchev–Trinajstić information content (AvgIpc) is 2.79. The van der Waals surface area contributed by atoms with Crippen LogP contribution in [0.5, 0.6) is 5.75 Å². The molecule has 4 rings (SSSR count). The molecular formula is C26H29F5O. The number of alkyl halides is 4. The molecule has 0 aliphatic heterocycles. The average molecular weight is 453 g/mol. The van der Waals surface area contributed by atoms with Gasteiger partial charge in [-0.05, 0) is 84.6 Å². The van der Waals surface area contributed by atoms with Crippen LogP contribution in [-0.4, -0.2) is 12.5 Å². The van der Waals surface area contributed by atoms with Gasteiger partial charge in [0.15, 0.2) is 11.6 Å². The van der Waals surface area contributed by atoms with Crippen LogP contribution in [0.2, 0.25) is 0 Å². The van der Waals surface area contributed by atoms with Crippen LogP contribution in [0.1, 0.15) is 63.4 Å². The summed E-state index contributed by atoms with van der Waals surface area (Å²) in [7, 11) is 0. The molecule has 0 saturated heterocycles. The van der Waals surface area contributed by atoms with Gasteiger partial charge in [0.25, 0.3) is 0 Å². The van der Waals surface area contributed by atoms with E-state index in [1.807, 2.05) is 12.1 Å². The fourth-order valence-corrected chi connectivity index (χ4v) is 5.56. The van der Waals surface area contributed by atoms with Gasteiger partial charge in [0.1, 0.15) is 0 Å². The highest BCUT2D eigenvalue weighted by Crippen LogP contribution is 2.48. The van der Waals surface area contributed by atoms with Crippen molar-refractivity contribution in [1.29, 1.82) is 0 Å². The molecule has 0 spiro atoms. The first kappa shape index (κ1) is 23.1. The first-order valence-electron chi connectivity index (χ1n) is 11.5. The van der Waals surface area contributed by atoms with E-state index in [9.17, 15) is 22.0 Å². The largest absolute Gasteiger partial charge is 0.461 e. The van der Waals surface area contributed by atoms with E-state index in [1.165, 1.54) is 56.6 Å². The Morgan fingerprint density at radius 2 is 1.56 bits per heavy atom. The van der Waals surface area contributed by atoms with Gasteiger partial charge in [-0.3, -0.25) is 0 Å². The van der Waals surface area contributed by atoms with Crippen LogP contribution in [0.25, 0.3) is 11.1 Å². The molecule has 6 heteroatoms. The lowest BCUT2D eigenvalue weighted by Gasteiger charge is -2.42. The van der Waals surface area contributed by atoms with E-state index < -0.39 is 24.1 Å². The number of benzene rings is 2. The van der Waals surface area contributed by atoms with Crippen molar-refractivity contribution < 1.29 is 26.7 Å². The second kappa shape index (κ2) is 9.40. The van der Waals surface area contributed by atoms with Crippen molar-refractivity contribution in [2.24, 2.45) is 17.8 Å². The molecule has 2 aromatic carbocycles. The van der Waals surface area contributed by atoms with Crippen molar-refractivity contribution in [3.63, 3.8) is 0 Å². The molecule has 0 amide bonds. The SMILES string of the molecule is CCC1CC[C@@H]2C[C@H](c3ccc(-c4ccc(OC(F)(F)C(F)F)c(F)c4)cc3)CC[C@@H]2C1. The molecule has 2 fully saturated rings. The molecule has 2 aliphatic carbocycles. The van der Waals surface area contributed by atoms with Crippen molar-refractivity contribution in [3.05, 3.63) is 53.8 Å². The monoisotopic (exact) mass is 452 g/mol. The van der Waals surface area contributed by atoms with E-state index >= 15 is 0 Å². The number of hydrogen-bond donors (Lipinski definition) is 0. The number of fused-ring (bicyclic) bond motifs is 1. The van der Waals surface area contributed by atoms with E-state index in [-0.39, 0.29) is 0 Å². The lowest BCUT2D eigenvalue weighted by molar-refractivity contribution is -0.254. The minimum absolute atomic E-state index is 0.475. The second-order valence-electron chi connectivity index (χ2n) is 9.35. The summed E-state index contributed by atoms with van der Waals surface area (Å²) < 4.78 is 68.8. The van der Waals surface area contributed by atoms with Crippen LogP contribution in [-0.2, 0) is 0 Å². The maximum absolute atomic E-state index is 14.2. The van der Waals surface area contributed by atoms with Gasteiger partial charge in [0.2, 0.25) is 0 Å². The maximum atomic E-state index is 14.2. The number of hydrogen-bond acceptors (Lipinski definition) is 1. The minimum Gasteiger partial charge on any atom is -0.425 e. The van der Waals surface area contributed by atoms with E-state index in [1.54, 1.807) is 0 Å². The van der Waals surface area contributed by atoms with Gasteiger partial charge in [0.05, 0.1) is 0 Å². The van der Waals surface area contributed by atoms with Crippen LogP contribution in [0.15, 0.2) is 42.5 Å². The van der Waals surface area contributed by atoms with Crippen molar-refractivity contribution in [2.75, 3.05) is 0 Å². The van der Waals surface area contributed by atoms with E-state index in [4.69, 9.17) is 0 Å². The van der Waals surface area contributed by atoms with Crippen molar-refractivity contribution >= 4 is 0 Å². The Morgan fingerprint density at radius 1 is 0.906 bits per heavy atom. The zero-order valence-electron chi connectivity index (χ0n) is 18.2. The van der Waals surface area contributed by atoms with Gasteiger partial charge in [0, 0.05) is 0 Å². The lowest BCUT2D eigenvalue weighted by atomic mass is 9.63. The van der Waals surface area contributed by atoms with Gasteiger partial charge < -0.3 is 4.74 Å². The van der Waals surface area contributed by atoms with E-state index in [2.05, 4.69) is 23.8 Å². The summed E-state index contributed by atoms with van der Waals surface area (Å²) in [5.74, 6) is 1.10. The summed E-state index contributed by atoms with van der Waals surface area (Å²) in [6.07, 6.45) is 0.259. The Balaban J connectivity index is 1.42. The topological polar surface area (TPSA) is 9.23 Å². The van der Waals surface area contributed by atoms with Gasteiger partial charge in [-0.1, -0.05) is 50.1 Å². The number of halogens is 5. The number of rotatable bonds is 6. The molecule has 2 saturated carbocycles. The first-order valence-corrected chi connectivity index (χ1v) is 11.5. The number of ether oxygens (including phenoxy) is 1. The molecule has 2 aliphatic rings. The molecule has 0 N–H and O–H groups in total. The molecule has 4 atom stereocenters. The highest BCUT2D eigenvalue weighted by Gasteiger charge is 2.44. The Morgan fingerprint density at radius 3 is 2.22 bits per heavy atom. The fourth-order valence-electron chi connectivity index (χ4n) is 5.56. The van der Waals surface area contributed by atoms with E-state index in [0.29, 0.717) is 11.5 Å². The molecule has 1 unspecified atom stereocenters. The van der Waals surface area contributed by atoms with Gasteiger partial charge in [-0.2, -0.15) is 17.6 Å². The maximum Gasteiger partial charge on any atom is 0.461 e. The Kier molecular flexibility index (Phi) is 6.78. The Bertz CT molecular complexity index is 911. The third-order valence-corrected chi connectivity index (χ3v) is 7.45. The Hall–Kier alpha value is -2.11. The van der Waals surface area contributed by atoms with Crippen LogP contribution in [0, 0.1) is 23.6 Å². The zero-order chi connectivity index (χ0) is 22.9. The lowest BCUT2D eigenvalue weighted by Crippen LogP contribution is -2.33.